The first-order chi connectivity index (χ1) is 8.58. The molecule has 0 fully saturated rings. The summed E-state index contributed by atoms with van der Waals surface area (Å²) in [5.41, 5.74) is 0. The molecule has 0 saturated heterocycles. The minimum atomic E-state index is -2.58. The molecule has 2 aromatic rings. The molecule has 0 N–H and O–H groups in total. The highest BCUT2D eigenvalue weighted by Gasteiger charge is 2.13. The summed E-state index contributed by atoms with van der Waals surface area (Å²) in [5, 5.41) is 0. The highest BCUT2D eigenvalue weighted by atomic mass is 79.9. The van der Waals surface area contributed by atoms with E-state index in [2.05, 4.69) is 25.9 Å². The monoisotopic (exact) mass is 316 g/mol. The van der Waals surface area contributed by atoms with Crippen molar-refractivity contribution in [1.29, 1.82) is 0 Å². The fourth-order valence-electron chi connectivity index (χ4n) is 1.53. The molecule has 4 nitrogen and oxygen atoms in total. The lowest BCUT2D eigenvalue weighted by atomic mass is 10.4. The lowest BCUT2D eigenvalue weighted by Crippen LogP contribution is -2.20. The maximum absolute atomic E-state index is 12.6. The van der Waals surface area contributed by atoms with Gasteiger partial charge in [0.25, 0.3) is 0 Å². The lowest BCUT2D eigenvalue weighted by molar-refractivity contribution is 0.0670. The number of halogens is 3. The first-order valence-electron chi connectivity index (χ1n) is 5.20. The molecule has 0 bridgehead atoms. The molecule has 0 amide bonds. The number of rotatable bonds is 4. The maximum atomic E-state index is 12.6. The number of hydrogen-bond donors (Lipinski definition) is 0. The standard InChI is InChI=1S/C11H11BrF2N4/c1-17(9-3-2-8(12)6-16-9)7-10-15-4-5-18(10)11(13)14/h2-6,11H,7H2,1H3. The van der Waals surface area contributed by atoms with Crippen molar-refractivity contribution in [2.45, 2.75) is 13.1 Å². The number of aromatic nitrogens is 3. The van der Waals surface area contributed by atoms with E-state index in [0.717, 1.165) is 9.04 Å². The van der Waals surface area contributed by atoms with E-state index >= 15 is 0 Å². The van der Waals surface area contributed by atoms with Gasteiger partial charge in [0.05, 0.1) is 6.54 Å². The van der Waals surface area contributed by atoms with Crippen LogP contribution >= 0.6 is 15.9 Å². The van der Waals surface area contributed by atoms with Gasteiger partial charge in [-0.05, 0) is 28.1 Å². The minimum absolute atomic E-state index is 0.270. The number of anilines is 1. The van der Waals surface area contributed by atoms with Crippen LogP contribution < -0.4 is 4.90 Å². The Morgan fingerprint density at radius 1 is 1.39 bits per heavy atom. The summed E-state index contributed by atoms with van der Waals surface area (Å²) in [6.45, 7) is -2.31. The molecule has 0 atom stereocenters. The van der Waals surface area contributed by atoms with E-state index in [1.54, 1.807) is 24.2 Å². The van der Waals surface area contributed by atoms with Crippen molar-refractivity contribution in [3.05, 3.63) is 41.0 Å². The Hall–Kier alpha value is -1.50. The smallest absolute Gasteiger partial charge is 0.319 e. The first-order valence-corrected chi connectivity index (χ1v) is 6.00. The zero-order valence-electron chi connectivity index (χ0n) is 9.59. The van der Waals surface area contributed by atoms with Crippen LogP contribution in [0.3, 0.4) is 0 Å². The highest BCUT2D eigenvalue weighted by Crippen LogP contribution is 2.17. The van der Waals surface area contributed by atoms with Crippen molar-refractivity contribution in [3.8, 4) is 0 Å². The second kappa shape index (κ2) is 5.43. The molecule has 0 unspecified atom stereocenters. The van der Waals surface area contributed by atoms with Gasteiger partial charge in [-0.25, -0.2) is 9.97 Å². The largest absolute Gasteiger partial charge is 0.352 e. The van der Waals surface area contributed by atoms with E-state index in [-0.39, 0.29) is 6.54 Å². The van der Waals surface area contributed by atoms with Crippen LogP contribution in [0.5, 0.6) is 0 Å². The summed E-state index contributed by atoms with van der Waals surface area (Å²) < 4.78 is 27.0. The second-order valence-corrected chi connectivity index (χ2v) is 4.63. The summed E-state index contributed by atoms with van der Waals surface area (Å²) in [6, 6.07) is 3.65. The molecular formula is C11H11BrF2N4. The van der Waals surface area contributed by atoms with Gasteiger partial charge in [-0.15, -0.1) is 0 Å². The Morgan fingerprint density at radius 2 is 2.17 bits per heavy atom. The fourth-order valence-corrected chi connectivity index (χ4v) is 1.77. The van der Waals surface area contributed by atoms with Crippen LogP contribution in [0.15, 0.2) is 35.2 Å². The van der Waals surface area contributed by atoms with Crippen LogP contribution in [-0.4, -0.2) is 21.6 Å². The van der Waals surface area contributed by atoms with Gasteiger partial charge >= 0.3 is 6.55 Å². The molecule has 0 aromatic carbocycles. The average molecular weight is 317 g/mol. The molecular weight excluding hydrogens is 306 g/mol. The fraction of sp³-hybridized carbons (Fsp3) is 0.273. The Kier molecular flexibility index (Phi) is 3.90. The SMILES string of the molecule is CN(Cc1nccn1C(F)F)c1ccc(Br)cn1. The maximum Gasteiger partial charge on any atom is 0.319 e. The molecule has 2 rings (SSSR count). The number of alkyl halides is 2. The van der Waals surface area contributed by atoms with Crippen LogP contribution in [0.25, 0.3) is 0 Å². The zero-order valence-corrected chi connectivity index (χ0v) is 11.2. The van der Waals surface area contributed by atoms with Gasteiger partial charge in [0, 0.05) is 30.1 Å². The van der Waals surface area contributed by atoms with Gasteiger partial charge < -0.3 is 4.90 Å². The van der Waals surface area contributed by atoms with Gasteiger partial charge in [-0.1, -0.05) is 0 Å². The third kappa shape index (κ3) is 2.84. The molecule has 96 valence electrons. The van der Waals surface area contributed by atoms with E-state index in [1.807, 2.05) is 6.07 Å². The summed E-state index contributed by atoms with van der Waals surface area (Å²) >= 11 is 3.29. The van der Waals surface area contributed by atoms with Crippen molar-refractivity contribution in [3.63, 3.8) is 0 Å². The van der Waals surface area contributed by atoms with E-state index in [4.69, 9.17) is 0 Å². The van der Waals surface area contributed by atoms with Gasteiger partial charge in [-0.3, -0.25) is 4.57 Å². The molecule has 0 saturated carbocycles. The van der Waals surface area contributed by atoms with Gasteiger partial charge in [-0.2, -0.15) is 8.78 Å². The highest BCUT2D eigenvalue weighted by molar-refractivity contribution is 9.10. The van der Waals surface area contributed by atoms with Crippen molar-refractivity contribution < 1.29 is 8.78 Å². The molecule has 0 aliphatic heterocycles. The van der Waals surface area contributed by atoms with E-state index < -0.39 is 6.55 Å². The van der Waals surface area contributed by atoms with Crippen molar-refractivity contribution in [1.82, 2.24) is 14.5 Å². The number of imidazole rings is 1. The van der Waals surface area contributed by atoms with Gasteiger partial charge in [0.1, 0.15) is 11.6 Å². The van der Waals surface area contributed by atoms with Crippen LogP contribution in [0.2, 0.25) is 0 Å². The number of pyridine rings is 1. The number of nitrogens with zero attached hydrogens (tertiary/aromatic N) is 4. The van der Waals surface area contributed by atoms with Crippen LogP contribution in [0, 0.1) is 0 Å². The Balaban J connectivity index is 2.13. The van der Waals surface area contributed by atoms with Gasteiger partial charge in [0.15, 0.2) is 0 Å². The Labute approximate surface area is 111 Å². The molecule has 2 heterocycles. The molecule has 0 radical (unpaired) electrons. The Morgan fingerprint density at radius 3 is 2.78 bits per heavy atom. The second-order valence-electron chi connectivity index (χ2n) is 3.72. The molecule has 0 aliphatic carbocycles. The summed E-state index contributed by atoms with van der Waals surface area (Å²) in [5.74, 6) is 0.999. The van der Waals surface area contributed by atoms with Crippen molar-refractivity contribution >= 4 is 21.7 Å². The normalized spacial score (nSPS) is 10.9. The van der Waals surface area contributed by atoms with Gasteiger partial charge in [0.2, 0.25) is 0 Å². The predicted molar refractivity (Wildman–Crippen MR) is 67.5 cm³/mol. The third-order valence-corrected chi connectivity index (χ3v) is 2.91. The molecule has 2 aromatic heterocycles. The molecule has 18 heavy (non-hydrogen) atoms. The average Bonchev–Trinajstić information content (AvgIpc) is 2.78. The Bertz CT molecular complexity index is 512. The molecule has 0 aliphatic rings. The quantitative estimate of drug-likeness (QED) is 0.869. The summed E-state index contributed by atoms with van der Waals surface area (Å²) in [7, 11) is 1.78. The van der Waals surface area contributed by atoms with Crippen LogP contribution in [0.4, 0.5) is 14.6 Å². The summed E-state index contributed by atoms with van der Waals surface area (Å²) in [4.78, 5) is 9.87. The molecule has 7 heteroatoms. The third-order valence-electron chi connectivity index (χ3n) is 2.44. The van der Waals surface area contributed by atoms with Crippen molar-refractivity contribution in [2.75, 3.05) is 11.9 Å². The van der Waals surface area contributed by atoms with E-state index in [1.165, 1.54) is 12.4 Å². The molecule has 0 spiro atoms. The van der Waals surface area contributed by atoms with Crippen molar-refractivity contribution in [2.24, 2.45) is 0 Å². The van der Waals surface area contributed by atoms with Crippen LogP contribution in [0.1, 0.15) is 12.4 Å². The predicted octanol–water partition coefficient (Wildman–Crippen LogP) is 3.07. The first kappa shape index (κ1) is 12.9. The topological polar surface area (TPSA) is 34.0 Å². The lowest BCUT2D eigenvalue weighted by Gasteiger charge is -2.18. The van der Waals surface area contributed by atoms with E-state index in [9.17, 15) is 8.78 Å². The van der Waals surface area contributed by atoms with Crippen LogP contribution in [-0.2, 0) is 6.54 Å². The number of hydrogen-bond acceptors (Lipinski definition) is 3. The van der Waals surface area contributed by atoms with E-state index in [0.29, 0.717) is 11.6 Å². The minimum Gasteiger partial charge on any atom is -0.352 e. The summed E-state index contributed by atoms with van der Waals surface area (Å²) in [6.07, 6.45) is 4.29. The zero-order chi connectivity index (χ0) is 13.1.